The van der Waals surface area contributed by atoms with E-state index in [1.54, 1.807) is 0 Å². The van der Waals surface area contributed by atoms with E-state index in [1.165, 1.54) is 16.4 Å². The Kier molecular flexibility index (Phi) is 5.06. The van der Waals surface area contributed by atoms with Gasteiger partial charge in [0.15, 0.2) is 4.90 Å². The van der Waals surface area contributed by atoms with Crippen LogP contribution in [0.1, 0.15) is 19.8 Å². The molecule has 0 aromatic heterocycles. The highest BCUT2D eigenvalue weighted by Crippen LogP contribution is 2.31. The Bertz CT molecular complexity index is 670. The summed E-state index contributed by atoms with van der Waals surface area (Å²) < 4.78 is 26.6. The number of piperidine rings is 1. The first-order valence-corrected chi connectivity index (χ1v) is 8.75. The van der Waals surface area contributed by atoms with Crippen molar-refractivity contribution in [2.24, 2.45) is 11.7 Å². The summed E-state index contributed by atoms with van der Waals surface area (Å²) in [6, 6.07) is 3.60. The number of hydrogen-bond acceptors (Lipinski definition) is 5. The van der Waals surface area contributed by atoms with Gasteiger partial charge in [-0.3, -0.25) is 10.1 Å². The van der Waals surface area contributed by atoms with Crippen molar-refractivity contribution >= 4 is 27.3 Å². The van der Waals surface area contributed by atoms with Crippen LogP contribution in [0.2, 0.25) is 5.02 Å². The monoisotopic (exact) mass is 347 g/mol. The summed E-state index contributed by atoms with van der Waals surface area (Å²) in [7, 11) is -3.91. The van der Waals surface area contributed by atoms with Crippen LogP contribution >= 0.6 is 11.6 Å². The SMILES string of the molecule is CC(N)C1CCN(S(=O)(=O)c2ccc(Cl)cc2[N+](=O)[O-])CC1. The highest BCUT2D eigenvalue weighted by atomic mass is 35.5. The molecule has 0 spiro atoms. The van der Waals surface area contributed by atoms with Gasteiger partial charge in [0.2, 0.25) is 10.0 Å². The molecular formula is C13H18ClN3O4S. The molecule has 1 unspecified atom stereocenters. The van der Waals surface area contributed by atoms with Gasteiger partial charge in [0.05, 0.1) is 4.92 Å². The average molecular weight is 348 g/mol. The second-order valence-electron chi connectivity index (χ2n) is 5.47. The quantitative estimate of drug-likeness (QED) is 0.662. The topological polar surface area (TPSA) is 107 Å². The molecular weight excluding hydrogens is 330 g/mol. The zero-order valence-corrected chi connectivity index (χ0v) is 13.7. The Morgan fingerprint density at radius 3 is 2.50 bits per heavy atom. The molecule has 1 aliphatic rings. The molecule has 122 valence electrons. The van der Waals surface area contributed by atoms with E-state index in [-0.39, 0.29) is 21.9 Å². The number of halogens is 1. The molecule has 0 bridgehead atoms. The van der Waals surface area contributed by atoms with Crippen molar-refractivity contribution in [1.82, 2.24) is 4.31 Å². The number of hydrogen-bond donors (Lipinski definition) is 1. The lowest BCUT2D eigenvalue weighted by Gasteiger charge is -2.32. The van der Waals surface area contributed by atoms with Gasteiger partial charge in [-0.2, -0.15) is 4.31 Å². The summed E-state index contributed by atoms with van der Waals surface area (Å²) in [5.41, 5.74) is 5.34. The second-order valence-corrected chi connectivity index (χ2v) is 7.81. The van der Waals surface area contributed by atoms with Gasteiger partial charge in [-0.05, 0) is 37.8 Å². The van der Waals surface area contributed by atoms with Crippen molar-refractivity contribution in [2.45, 2.75) is 30.7 Å². The molecule has 22 heavy (non-hydrogen) atoms. The first-order chi connectivity index (χ1) is 10.2. The third-order valence-electron chi connectivity index (χ3n) is 3.98. The van der Waals surface area contributed by atoms with E-state index in [2.05, 4.69) is 0 Å². The smallest absolute Gasteiger partial charge is 0.290 e. The molecule has 1 aliphatic heterocycles. The van der Waals surface area contributed by atoms with Crippen LogP contribution in [0.15, 0.2) is 23.1 Å². The molecule has 1 saturated heterocycles. The van der Waals surface area contributed by atoms with Gasteiger partial charge in [-0.1, -0.05) is 11.6 Å². The van der Waals surface area contributed by atoms with E-state index in [4.69, 9.17) is 17.3 Å². The van der Waals surface area contributed by atoms with Crippen LogP contribution in [0.5, 0.6) is 0 Å². The van der Waals surface area contributed by atoms with Gasteiger partial charge in [0.1, 0.15) is 0 Å². The largest absolute Gasteiger partial charge is 0.328 e. The third-order valence-corrected chi connectivity index (χ3v) is 6.16. The van der Waals surface area contributed by atoms with E-state index in [0.29, 0.717) is 25.9 Å². The maximum absolute atomic E-state index is 12.6. The molecule has 9 heteroatoms. The summed E-state index contributed by atoms with van der Waals surface area (Å²) in [4.78, 5) is 10.0. The van der Waals surface area contributed by atoms with Gasteiger partial charge in [-0.25, -0.2) is 8.42 Å². The highest BCUT2D eigenvalue weighted by Gasteiger charge is 2.34. The van der Waals surface area contributed by atoms with Crippen LogP contribution < -0.4 is 5.73 Å². The molecule has 2 rings (SSSR count). The molecule has 0 radical (unpaired) electrons. The molecule has 1 atom stereocenters. The lowest BCUT2D eigenvalue weighted by atomic mass is 9.92. The van der Waals surface area contributed by atoms with Crippen LogP contribution in [0.25, 0.3) is 0 Å². The van der Waals surface area contributed by atoms with Crippen LogP contribution in [-0.4, -0.2) is 36.8 Å². The average Bonchev–Trinajstić information content (AvgIpc) is 2.46. The van der Waals surface area contributed by atoms with Crippen molar-refractivity contribution in [3.8, 4) is 0 Å². The van der Waals surface area contributed by atoms with Gasteiger partial charge in [0, 0.05) is 30.2 Å². The molecule has 2 N–H and O–H groups in total. The predicted molar refractivity (Wildman–Crippen MR) is 83.2 cm³/mol. The summed E-state index contributed by atoms with van der Waals surface area (Å²) in [5, 5.41) is 11.2. The Morgan fingerprint density at radius 1 is 1.41 bits per heavy atom. The van der Waals surface area contributed by atoms with Crippen LogP contribution in [0.3, 0.4) is 0 Å². The molecule has 1 aromatic carbocycles. The highest BCUT2D eigenvalue weighted by molar-refractivity contribution is 7.89. The van der Waals surface area contributed by atoms with Gasteiger partial charge in [-0.15, -0.1) is 0 Å². The number of nitrogens with two attached hydrogens (primary N) is 1. The minimum absolute atomic E-state index is 0.00900. The molecule has 0 saturated carbocycles. The zero-order valence-electron chi connectivity index (χ0n) is 12.1. The summed E-state index contributed by atoms with van der Waals surface area (Å²) in [6.07, 6.45) is 1.30. The second kappa shape index (κ2) is 6.49. The molecule has 1 heterocycles. The van der Waals surface area contributed by atoms with Gasteiger partial charge in [0.25, 0.3) is 5.69 Å². The minimum Gasteiger partial charge on any atom is -0.328 e. The number of sulfonamides is 1. The van der Waals surface area contributed by atoms with E-state index >= 15 is 0 Å². The first-order valence-electron chi connectivity index (χ1n) is 6.93. The number of benzene rings is 1. The van der Waals surface area contributed by atoms with Crippen molar-refractivity contribution in [1.29, 1.82) is 0 Å². The lowest BCUT2D eigenvalue weighted by molar-refractivity contribution is -0.387. The van der Waals surface area contributed by atoms with E-state index < -0.39 is 20.6 Å². The Morgan fingerprint density at radius 2 is 2.00 bits per heavy atom. The lowest BCUT2D eigenvalue weighted by Crippen LogP contribution is -2.42. The van der Waals surface area contributed by atoms with Crippen LogP contribution in [0, 0.1) is 16.0 Å². The fourth-order valence-corrected chi connectivity index (χ4v) is 4.41. The number of nitro groups is 1. The standard InChI is InChI=1S/C13H18ClN3O4S/c1-9(15)10-4-6-16(7-5-10)22(20,21)13-3-2-11(14)8-12(13)17(18)19/h2-3,8-10H,4-7,15H2,1H3. The van der Waals surface area contributed by atoms with E-state index in [9.17, 15) is 18.5 Å². The molecule has 0 aliphatic carbocycles. The number of rotatable bonds is 4. The molecule has 1 aromatic rings. The first kappa shape index (κ1) is 17.1. The molecule has 7 nitrogen and oxygen atoms in total. The number of nitro benzene ring substituents is 1. The number of nitrogens with zero attached hydrogens (tertiary/aromatic N) is 2. The normalized spacial score (nSPS) is 19.0. The van der Waals surface area contributed by atoms with Gasteiger partial charge < -0.3 is 5.73 Å². The zero-order chi connectivity index (χ0) is 16.5. The maximum Gasteiger partial charge on any atom is 0.290 e. The summed E-state index contributed by atoms with van der Waals surface area (Å²) >= 11 is 5.72. The van der Waals surface area contributed by atoms with E-state index in [0.717, 1.165) is 6.07 Å². The minimum atomic E-state index is -3.91. The Balaban J connectivity index is 2.31. The van der Waals surface area contributed by atoms with Crippen LogP contribution in [0.4, 0.5) is 5.69 Å². The summed E-state index contributed by atoms with van der Waals surface area (Å²) in [5.74, 6) is 0.270. The summed E-state index contributed by atoms with van der Waals surface area (Å²) in [6.45, 7) is 2.53. The van der Waals surface area contributed by atoms with Crippen LogP contribution in [-0.2, 0) is 10.0 Å². The maximum atomic E-state index is 12.6. The van der Waals surface area contributed by atoms with Crippen molar-refractivity contribution in [3.63, 3.8) is 0 Å². The van der Waals surface area contributed by atoms with Crippen molar-refractivity contribution in [3.05, 3.63) is 33.3 Å². The predicted octanol–water partition coefficient (Wildman–Crippen LogP) is 2.00. The molecule has 0 amide bonds. The molecule has 1 fully saturated rings. The Labute approximate surface area is 134 Å². The third kappa shape index (κ3) is 3.40. The van der Waals surface area contributed by atoms with Crippen molar-refractivity contribution in [2.75, 3.05) is 13.1 Å². The Hall–Kier alpha value is -1.22. The fraction of sp³-hybridized carbons (Fsp3) is 0.538. The fourth-order valence-electron chi connectivity index (χ4n) is 2.63. The van der Waals surface area contributed by atoms with Gasteiger partial charge >= 0.3 is 0 Å². The van der Waals surface area contributed by atoms with Crippen molar-refractivity contribution < 1.29 is 13.3 Å². The van der Waals surface area contributed by atoms with E-state index in [1.807, 2.05) is 6.92 Å².